The lowest BCUT2D eigenvalue weighted by Crippen LogP contribution is -2.19. The molecule has 1 saturated heterocycles. The molecule has 0 aliphatic carbocycles. The average molecular weight is 235 g/mol. The van der Waals surface area contributed by atoms with Gasteiger partial charge in [0.2, 0.25) is 0 Å². The van der Waals surface area contributed by atoms with Gasteiger partial charge in [0.25, 0.3) is 0 Å². The van der Waals surface area contributed by atoms with E-state index in [0.29, 0.717) is 12.0 Å². The molecule has 2 atom stereocenters. The van der Waals surface area contributed by atoms with Crippen LogP contribution in [0.5, 0.6) is 0 Å². The van der Waals surface area contributed by atoms with Crippen molar-refractivity contribution >= 4 is 0 Å². The van der Waals surface area contributed by atoms with Crippen LogP contribution in [0, 0.1) is 5.92 Å². The summed E-state index contributed by atoms with van der Waals surface area (Å²) in [7, 11) is 1.97. The highest BCUT2D eigenvalue weighted by Crippen LogP contribution is 2.32. The van der Waals surface area contributed by atoms with E-state index in [1.807, 2.05) is 18.2 Å². The van der Waals surface area contributed by atoms with Gasteiger partial charge in [-0.1, -0.05) is 44.2 Å². The molecule has 0 amide bonds. The molecule has 2 rings (SSSR count). The van der Waals surface area contributed by atoms with Crippen molar-refractivity contribution in [1.82, 2.24) is 5.06 Å². The predicted molar refractivity (Wildman–Crippen MR) is 67.2 cm³/mol. The standard InChI is InChI=1S/C14H21NO2/c1-11(2)10-16-14-9-13(15(3)17-14)12-7-5-4-6-8-12/h4-8,11,13-14H,9-10H2,1-3H3. The first-order chi connectivity index (χ1) is 8.16. The molecular formula is C14H21NO2. The van der Waals surface area contributed by atoms with Crippen molar-refractivity contribution in [2.75, 3.05) is 13.7 Å². The molecule has 1 aromatic rings. The van der Waals surface area contributed by atoms with Crippen LogP contribution in [-0.4, -0.2) is 25.0 Å². The molecule has 2 unspecified atom stereocenters. The highest BCUT2D eigenvalue weighted by atomic mass is 16.8. The smallest absolute Gasteiger partial charge is 0.179 e. The predicted octanol–water partition coefficient (Wildman–Crippen LogP) is 2.99. The van der Waals surface area contributed by atoms with Crippen LogP contribution in [0.2, 0.25) is 0 Å². The van der Waals surface area contributed by atoms with E-state index in [1.54, 1.807) is 0 Å². The molecule has 0 N–H and O–H groups in total. The fourth-order valence-electron chi connectivity index (χ4n) is 2.05. The van der Waals surface area contributed by atoms with Crippen LogP contribution in [-0.2, 0) is 9.57 Å². The second kappa shape index (κ2) is 5.63. The lowest BCUT2D eigenvalue weighted by molar-refractivity contribution is -0.231. The van der Waals surface area contributed by atoms with Crippen molar-refractivity contribution in [2.45, 2.75) is 32.6 Å². The Hall–Kier alpha value is -0.900. The zero-order chi connectivity index (χ0) is 12.3. The molecule has 0 bridgehead atoms. The van der Waals surface area contributed by atoms with Crippen molar-refractivity contribution in [3.8, 4) is 0 Å². The van der Waals surface area contributed by atoms with Gasteiger partial charge in [0.05, 0.1) is 12.6 Å². The zero-order valence-corrected chi connectivity index (χ0v) is 10.8. The molecule has 94 valence electrons. The van der Waals surface area contributed by atoms with E-state index in [4.69, 9.17) is 9.57 Å². The largest absolute Gasteiger partial charge is 0.350 e. The number of nitrogens with zero attached hydrogens (tertiary/aromatic N) is 1. The minimum atomic E-state index is -0.104. The third kappa shape index (κ3) is 3.28. The highest BCUT2D eigenvalue weighted by Gasteiger charge is 2.32. The Labute approximate surface area is 103 Å². The maximum atomic E-state index is 5.72. The van der Waals surface area contributed by atoms with Crippen LogP contribution in [0.4, 0.5) is 0 Å². The maximum Gasteiger partial charge on any atom is 0.179 e. The van der Waals surface area contributed by atoms with Crippen LogP contribution >= 0.6 is 0 Å². The molecule has 1 aromatic carbocycles. The summed E-state index contributed by atoms with van der Waals surface area (Å²) in [5.41, 5.74) is 1.28. The SMILES string of the molecule is CC(C)COC1CC(c2ccccc2)N(C)O1. The Morgan fingerprint density at radius 3 is 2.71 bits per heavy atom. The molecule has 17 heavy (non-hydrogen) atoms. The van der Waals surface area contributed by atoms with Crippen molar-refractivity contribution in [1.29, 1.82) is 0 Å². The fourth-order valence-corrected chi connectivity index (χ4v) is 2.05. The maximum absolute atomic E-state index is 5.72. The summed E-state index contributed by atoms with van der Waals surface area (Å²) in [6, 6.07) is 10.7. The molecular weight excluding hydrogens is 214 g/mol. The van der Waals surface area contributed by atoms with Crippen molar-refractivity contribution in [2.24, 2.45) is 5.92 Å². The van der Waals surface area contributed by atoms with E-state index >= 15 is 0 Å². The summed E-state index contributed by atoms with van der Waals surface area (Å²) >= 11 is 0. The molecule has 0 radical (unpaired) electrons. The summed E-state index contributed by atoms with van der Waals surface area (Å²) in [5.74, 6) is 0.541. The second-order valence-electron chi connectivity index (χ2n) is 4.97. The van der Waals surface area contributed by atoms with Crippen LogP contribution in [0.25, 0.3) is 0 Å². The molecule has 0 saturated carbocycles. The van der Waals surface area contributed by atoms with Crippen LogP contribution in [0.15, 0.2) is 30.3 Å². The fraction of sp³-hybridized carbons (Fsp3) is 0.571. The van der Waals surface area contributed by atoms with Crippen LogP contribution in [0.3, 0.4) is 0 Å². The van der Waals surface area contributed by atoms with Gasteiger partial charge in [0, 0.05) is 13.5 Å². The quantitative estimate of drug-likeness (QED) is 0.800. The number of hydrogen-bond donors (Lipinski definition) is 0. The molecule has 0 spiro atoms. The van der Waals surface area contributed by atoms with Gasteiger partial charge in [-0.05, 0) is 11.5 Å². The first kappa shape index (κ1) is 12.6. The molecule has 1 aliphatic heterocycles. The molecule has 1 heterocycles. The minimum absolute atomic E-state index is 0.104. The molecule has 1 aliphatic rings. The molecule has 0 aromatic heterocycles. The summed E-state index contributed by atoms with van der Waals surface area (Å²) < 4.78 is 5.72. The first-order valence-electron chi connectivity index (χ1n) is 6.23. The number of benzene rings is 1. The van der Waals surface area contributed by atoms with Crippen molar-refractivity contribution in [3.63, 3.8) is 0 Å². The van der Waals surface area contributed by atoms with Crippen LogP contribution in [0.1, 0.15) is 31.9 Å². The van der Waals surface area contributed by atoms with Crippen LogP contribution < -0.4 is 0 Å². The second-order valence-corrected chi connectivity index (χ2v) is 4.97. The number of hydroxylamine groups is 2. The Bertz CT molecular complexity index is 339. The van der Waals surface area contributed by atoms with Gasteiger partial charge in [0.1, 0.15) is 0 Å². The third-order valence-corrected chi connectivity index (χ3v) is 2.94. The minimum Gasteiger partial charge on any atom is -0.350 e. The van der Waals surface area contributed by atoms with E-state index in [-0.39, 0.29) is 6.29 Å². The zero-order valence-electron chi connectivity index (χ0n) is 10.8. The van der Waals surface area contributed by atoms with Gasteiger partial charge in [-0.3, -0.25) is 4.84 Å². The Morgan fingerprint density at radius 1 is 1.35 bits per heavy atom. The normalized spacial score (nSPS) is 25.6. The highest BCUT2D eigenvalue weighted by molar-refractivity contribution is 5.19. The Kier molecular flexibility index (Phi) is 4.15. The van der Waals surface area contributed by atoms with Gasteiger partial charge < -0.3 is 4.74 Å². The Balaban J connectivity index is 1.94. The van der Waals surface area contributed by atoms with E-state index in [2.05, 4.69) is 38.1 Å². The van der Waals surface area contributed by atoms with Gasteiger partial charge in [-0.2, -0.15) is 5.06 Å². The summed E-state index contributed by atoms with van der Waals surface area (Å²) in [4.78, 5) is 5.69. The number of rotatable bonds is 4. The van der Waals surface area contributed by atoms with Crippen molar-refractivity contribution in [3.05, 3.63) is 35.9 Å². The summed E-state index contributed by atoms with van der Waals surface area (Å²) in [6.45, 7) is 5.04. The topological polar surface area (TPSA) is 21.7 Å². The lowest BCUT2D eigenvalue weighted by atomic mass is 10.0. The summed E-state index contributed by atoms with van der Waals surface area (Å²) in [5, 5.41) is 1.90. The first-order valence-corrected chi connectivity index (χ1v) is 6.23. The molecule has 3 nitrogen and oxygen atoms in total. The van der Waals surface area contributed by atoms with Gasteiger partial charge in [-0.15, -0.1) is 0 Å². The molecule has 1 fully saturated rings. The molecule has 3 heteroatoms. The van der Waals surface area contributed by atoms with E-state index in [9.17, 15) is 0 Å². The lowest BCUT2D eigenvalue weighted by Gasteiger charge is -2.17. The van der Waals surface area contributed by atoms with E-state index < -0.39 is 0 Å². The number of ether oxygens (including phenoxy) is 1. The van der Waals surface area contributed by atoms with Gasteiger partial charge >= 0.3 is 0 Å². The summed E-state index contributed by atoms with van der Waals surface area (Å²) in [6.07, 6.45) is 0.792. The monoisotopic (exact) mass is 235 g/mol. The number of hydrogen-bond acceptors (Lipinski definition) is 3. The van der Waals surface area contributed by atoms with Crippen molar-refractivity contribution < 1.29 is 9.57 Å². The van der Waals surface area contributed by atoms with Gasteiger partial charge in [-0.25, -0.2) is 0 Å². The van der Waals surface area contributed by atoms with E-state index in [0.717, 1.165) is 13.0 Å². The van der Waals surface area contributed by atoms with Gasteiger partial charge in [0.15, 0.2) is 6.29 Å². The van der Waals surface area contributed by atoms with E-state index in [1.165, 1.54) is 5.56 Å². The average Bonchev–Trinajstić information content (AvgIpc) is 2.69. The Morgan fingerprint density at radius 2 is 2.06 bits per heavy atom. The third-order valence-electron chi connectivity index (χ3n) is 2.94.